The molecule has 4 nitrogen and oxygen atoms in total. The summed E-state index contributed by atoms with van der Waals surface area (Å²) in [7, 11) is -1.33. The first-order valence-corrected chi connectivity index (χ1v) is 7.51. The van der Waals surface area contributed by atoms with Gasteiger partial charge in [-0.15, -0.1) is 0 Å². The monoisotopic (exact) mass is 308 g/mol. The zero-order chi connectivity index (χ0) is 15.0. The molecule has 0 bridgehead atoms. The maximum Gasteiger partial charge on any atom is 0.154 e. The van der Waals surface area contributed by atoms with Crippen LogP contribution in [0.5, 0.6) is 0 Å². The highest BCUT2D eigenvalue weighted by Crippen LogP contribution is 2.30. The number of rotatable bonds is 3. The van der Waals surface area contributed by atoms with Gasteiger partial charge in [0, 0.05) is 12.3 Å². The van der Waals surface area contributed by atoms with Crippen LogP contribution in [-0.4, -0.2) is 19.7 Å². The van der Waals surface area contributed by atoms with E-state index in [9.17, 15) is 13.0 Å². The van der Waals surface area contributed by atoms with Gasteiger partial charge in [-0.25, -0.2) is 13.0 Å². The molecule has 0 fully saturated rings. The fourth-order valence-corrected chi connectivity index (χ4v) is 2.60. The Kier molecular flexibility index (Phi) is 3.42. The summed E-state index contributed by atoms with van der Waals surface area (Å²) >= 11 is 0. The zero-order valence-electron chi connectivity index (χ0n) is 10.9. The van der Waals surface area contributed by atoms with Gasteiger partial charge in [-0.05, 0) is 30.3 Å². The standard InChI is InChI=1S/C14H10F2N2O2S/c1-21(19)18-12(6-7-17-18)14-5-4-13(20-14)10-3-2-9(15)8-11(10)16/h2-8H,1H3. The first kappa shape index (κ1) is 13.7. The van der Waals surface area contributed by atoms with E-state index in [2.05, 4.69) is 5.10 Å². The van der Waals surface area contributed by atoms with E-state index in [1.807, 2.05) is 0 Å². The number of aromatic nitrogens is 2. The Bertz CT molecular complexity index is 826. The molecular formula is C14H10F2N2O2S. The molecule has 2 aromatic heterocycles. The number of hydrogen-bond acceptors (Lipinski definition) is 3. The van der Waals surface area contributed by atoms with E-state index in [1.54, 1.807) is 18.2 Å². The van der Waals surface area contributed by atoms with E-state index < -0.39 is 22.6 Å². The van der Waals surface area contributed by atoms with Gasteiger partial charge in [-0.3, -0.25) is 0 Å². The van der Waals surface area contributed by atoms with Crippen LogP contribution in [0.2, 0.25) is 0 Å². The van der Waals surface area contributed by atoms with Gasteiger partial charge in [0.2, 0.25) is 0 Å². The van der Waals surface area contributed by atoms with E-state index in [4.69, 9.17) is 4.42 Å². The molecule has 3 rings (SSSR count). The van der Waals surface area contributed by atoms with E-state index in [-0.39, 0.29) is 11.3 Å². The van der Waals surface area contributed by atoms with Crippen LogP contribution in [0.1, 0.15) is 0 Å². The predicted octanol–water partition coefficient (Wildman–Crippen LogP) is 3.23. The largest absolute Gasteiger partial charge is 0.454 e. The van der Waals surface area contributed by atoms with Crippen molar-refractivity contribution < 1.29 is 17.4 Å². The Balaban J connectivity index is 2.04. The number of furan rings is 1. The highest BCUT2D eigenvalue weighted by molar-refractivity contribution is 7.82. The van der Waals surface area contributed by atoms with Crippen molar-refractivity contribution in [2.75, 3.05) is 6.26 Å². The lowest BCUT2D eigenvalue weighted by Crippen LogP contribution is -2.04. The third-order valence-corrected chi connectivity index (χ3v) is 3.69. The van der Waals surface area contributed by atoms with Gasteiger partial charge in [-0.2, -0.15) is 9.19 Å². The Morgan fingerprint density at radius 1 is 1.14 bits per heavy atom. The molecule has 1 atom stereocenters. The topological polar surface area (TPSA) is 48.0 Å². The molecule has 21 heavy (non-hydrogen) atoms. The summed E-state index contributed by atoms with van der Waals surface area (Å²) in [6.07, 6.45) is 2.98. The molecule has 0 saturated carbocycles. The molecule has 1 aromatic carbocycles. The highest BCUT2D eigenvalue weighted by atomic mass is 32.2. The predicted molar refractivity (Wildman–Crippen MR) is 74.7 cm³/mol. The molecule has 0 N–H and O–H groups in total. The quantitative estimate of drug-likeness (QED) is 0.746. The SMILES string of the molecule is CS(=O)n1nccc1-c1ccc(-c2ccc(F)cc2F)o1. The molecule has 0 amide bonds. The summed E-state index contributed by atoms with van der Waals surface area (Å²) in [5, 5.41) is 3.94. The first-order valence-electron chi connectivity index (χ1n) is 6.00. The minimum atomic E-state index is -1.33. The summed E-state index contributed by atoms with van der Waals surface area (Å²) in [5.41, 5.74) is 0.677. The molecule has 0 aliphatic rings. The second-order valence-electron chi connectivity index (χ2n) is 4.30. The molecular weight excluding hydrogens is 298 g/mol. The van der Waals surface area contributed by atoms with Crippen molar-refractivity contribution in [3.8, 4) is 22.8 Å². The summed E-state index contributed by atoms with van der Waals surface area (Å²) in [4.78, 5) is 0. The number of nitrogens with zero attached hydrogens (tertiary/aromatic N) is 2. The molecule has 0 radical (unpaired) electrons. The third kappa shape index (κ3) is 2.52. The van der Waals surface area contributed by atoms with Crippen molar-refractivity contribution in [1.29, 1.82) is 0 Å². The molecule has 0 aliphatic carbocycles. The lowest BCUT2D eigenvalue weighted by atomic mass is 10.1. The van der Waals surface area contributed by atoms with Gasteiger partial charge < -0.3 is 4.42 Å². The van der Waals surface area contributed by atoms with Crippen LogP contribution in [0, 0.1) is 11.6 Å². The van der Waals surface area contributed by atoms with Crippen molar-refractivity contribution in [3.05, 3.63) is 54.2 Å². The summed E-state index contributed by atoms with van der Waals surface area (Å²) in [5.74, 6) is -0.690. The van der Waals surface area contributed by atoms with Crippen molar-refractivity contribution in [2.24, 2.45) is 0 Å². The van der Waals surface area contributed by atoms with Crippen LogP contribution >= 0.6 is 0 Å². The van der Waals surface area contributed by atoms with Gasteiger partial charge in [0.1, 0.15) is 34.1 Å². The van der Waals surface area contributed by atoms with E-state index in [1.165, 1.54) is 22.6 Å². The van der Waals surface area contributed by atoms with Gasteiger partial charge in [0.25, 0.3) is 0 Å². The molecule has 108 valence electrons. The number of halogens is 2. The second-order valence-corrected chi connectivity index (χ2v) is 5.49. The zero-order valence-corrected chi connectivity index (χ0v) is 11.7. The Morgan fingerprint density at radius 3 is 2.62 bits per heavy atom. The molecule has 3 aromatic rings. The summed E-state index contributed by atoms with van der Waals surface area (Å²) in [6.45, 7) is 0. The first-order chi connectivity index (χ1) is 10.1. The lowest BCUT2D eigenvalue weighted by Gasteiger charge is -2.01. The normalized spacial score (nSPS) is 12.5. The minimum Gasteiger partial charge on any atom is -0.454 e. The summed E-state index contributed by atoms with van der Waals surface area (Å²) < 4.78 is 45.0. The smallest absolute Gasteiger partial charge is 0.154 e. The average molecular weight is 308 g/mol. The van der Waals surface area contributed by atoms with Crippen molar-refractivity contribution in [2.45, 2.75) is 0 Å². The molecule has 0 aliphatic heterocycles. The molecule has 7 heteroatoms. The van der Waals surface area contributed by atoms with Crippen LogP contribution in [0.15, 0.2) is 47.0 Å². The second kappa shape index (κ2) is 5.25. The fraction of sp³-hybridized carbons (Fsp3) is 0.0714. The highest BCUT2D eigenvalue weighted by Gasteiger charge is 2.15. The number of hydrogen-bond donors (Lipinski definition) is 0. The Hall–Kier alpha value is -2.28. The minimum absolute atomic E-state index is 0.159. The van der Waals surface area contributed by atoms with Gasteiger partial charge >= 0.3 is 0 Å². The fourth-order valence-electron chi connectivity index (χ4n) is 1.98. The molecule has 1 unspecified atom stereocenters. The molecule has 0 saturated heterocycles. The van der Waals surface area contributed by atoms with Crippen LogP contribution in [0.3, 0.4) is 0 Å². The average Bonchev–Trinajstić information content (AvgIpc) is 3.06. The van der Waals surface area contributed by atoms with E-state index in [0.717, 1.165) is 12.1 Å². The van der Waals surface area contributed by atoms with Crippen molar-refractivity contribution in [1.82, 2.24) is 9.19 Å². The summed E-state index contributed by atoms with van der Waals surface area (Å²) in [6, 6.07) is 8.10. The van der Waals surface area contributed by atoms with Gasteiger partial charge in [-0.1, -0.05) is 0 Å². The Morgan fingerprint density at radius 2 is 1.90 bits per heavy atom. The van der Waals surface area contributed by atoms with Crippen molar-refractivity contribution >= 4 is 11.0 Å². The van der Waals surface area contributed by atoms with Crippen LogP contribution in [-0.2, 0) is 11.0 Å². The van der Waals surface area contributed by atoms with Gasteiger partial charge in [0.05, 0.1) is 11.8 Å². The van der Waals surface area contributed by atoms with E-state index >= 15 is 0 Å². The molecule has 2 heterocycles. The maximum absolute atomic E-state index is 13.7. The van der Waals surface area contributed by atoms with Crippen LogP contribution < -0.4 is 0 Å². The van der Waals surface area contributed by atoms with Crippen LogP contribution in [0.4, 0.5) is 8.78 Å². The molecule has 0 spiro atoms. The maximum atomic E-state index is 13.7. The van der Waals surface area contributed by atoms with E-state index in [0.29, 0.717) is 11.5 Å². The lowest BCUT2D eigenvalue weighted by molar-refractivity contribution is 0.565. The Labute approximate surface area is 121 Å². The third-order valence-electron chi connectivity index (χ3n) is 2.91. The van der Waals surface area contributed by atoms with Crippen LogP contribution in [0.25, 0.3) is 22.8 Å². The van der Waals surface area contributed by atoms with Crippen molar-refractivity contribution in [3.63, 3.8) is 0 Å². The van der Waals surface area contributed by atoms with Gasteiger partial charge in [0.15, 0.2) is 5.76 Å². The number of benzene rings is 1.